The normalized spacial score (nSPS) is 11.9. The van der Waals surface area contributed by atoms with Gasteiger partial charge in [0.25, 0.3) is 0 Å². The molecule has 1 heterocycles. The highest BCUT2D eigenvalue weighted by Gasteiger charge is 2.15. The Hall–Kier alpha value is -2.02. The molecule has 0 saturated carbocycles. The van der Waals surface area contributed by atoms with Gasteiger partial charge in [-0.3, -0.25) is 0 Å². The Labute approximate surface area is 104 Å². The molecule has 0 aromatic carbocycles. The SMILES string of the molecule is CC(CO)N(C)C(=O)NCc1ccc(C(=O)O)o1. The summed E-state index contributed by atoms with van der Waals surface area (Å²) in [4.78, 5) is 23.5. The van der Waals surface area contributed by atoms with Gasteiger partial charge in [0.05, 0.1) is 19.2 Å². The topological polar surface area (TPSA) is 103 Å². The Kier molecular flexibility index (Phi) is 4.73. The summed E-state index contributed by atoms with van der Waals surface area (Å²) >= 11 is 0. The van der Waals surface area contributed by atoms with E-state index in [2.05, 4.69) is 5.32 Å². The largest absolute Gasteiger partial charge is 0.475 e. The average molecular weight is 256 g/mol. The number of urea groups is 1. The number of hydrogen-bond donors (Lipinski definition) is 3. The molecule has 3 N–H and O–H groups in total. The summed E-state index contributed by atoms with van der Waals surface area (Å²) in [6, 6.07) is 2.14. The zero-order valence-corrected chi connectivity index (χ0v) is 10.2. The second kappa shape index (κ2) is 6.06. The molecule has 0 fully saturated rings. The van der Waals surface area contributed by atoms with E-state index in [0.29, 0.717) is 5.76 Å². The number of carbonyl (C=O) groups excluding carboxylic acids is 1. The van der Waals surface area contributed by atoms with E-state index < -0.39 is 5.97 Å². The molecular weight excluding hydrogens is 240 g/mol. The van der Waals surface area contributed by atoms with Crippen LogP contribution in [0.25, 0.3) is 0 Å². The first-order valence-corrected chi connectivity index (χ1v) is 5.39. The molecular formula is C11H16N2O5. The van der Waals surface area contributed by atoms with E-state index in [1.165, 1.54) is 17.0 Å². The Morgan fingerprint density at radius 2 is 2.17 bits per heavy atom. The van der Waals surface area contributed by atoms with Gasteiger partial charge in [0.2, 0.25) is 5.76 Å². The number of nitrogens with one attached hydrogen (secondary N) is 1. The second-order valence-electron chi connectivity index (χ2n) is 3.87. The number of likely N-dealkylation sites (N-methyl/N-ethyl adjacent to an activating group) is 1. The monoisotopic (exact) mass is 256 g/mol. The van der Waals surface area contributed by atoms with Crippen molar-refractivity contribution in [2.24, 2.45) is 0 Å². The molecule has 0 bridgehead atoms. The lowest BCUT2D eigenvalue weighted by atomic mass is 10.3. The van der Waals surface area contributed by atoms with Crippen molar-refractivity contribution in [2.75, 3.05) is 13.7 Å². The maximum Gasteiger partial charge on any atom is 0.371 e. The first-order valence-electron chi connectivity index (χ1n) is 5.39. The van der Waals surface area contributed by atoms with E-state index in [1.54, 1.807) is 14.0 Å². The molecule has 0 aliphatic carbocycles. The summed E-state index contributed by atoms with van der Waals surface area (Å²) in [5.41, 5.74) is 0. The molecule has 1 unspecified atom stereocenters. The fourth-order valence-corrected chi connectivity index (χ4v) is 1.20. The Balaban J connectivity index is 2.49. The molecule has 0 saturated heterocycles. The zero-order chi connectivity index (χ0) is 13.7. The van der Waals surface area contributed by atoms with Crippen molar-refractivity contribution >= 4 is 12.0 Å². The maximum absolute atomic E-state index is 11.6. The van der Waals surface area contributed by atoms with Crippen molar-refractivity contribution in [2.45, 2.75) is 19.5 Å². The van der Waals surface area contributed by atoms with Crippen molar-refractivity contribution in [3.05, 3.63) is 23.7 Å². The Bertz CT molecular complexity index is 429. The van der Waals surface area contributed by atoms with Crippen LogP contribution in [-0.4, -0.2) is 46.8 Å². The summed E-state index contributed by atoms with van der Waals surface area (Å²) in [5, 5.41) is 20.1. The van der Waals surface area contributed by atoms with Crippen LogP contribution in [-0.2, 0) is 6.54 Å². The molecule has 7 heteroatoms. The molecule has 0 spiro atoms. The molecule has 2 amide bonds. The van der Waals surface area contributed by atoms with Crippen LogP contribution >= 0.6 is 0 Å². The minimum atomic E-state index is -1.15. The summed E-state index contributed by atoms with van der Waals surface area (Å²) in [5.74, 6) is -0.972. The minimum absolute atomic E-state index is 0.0919. The highest BCUT2D eigenvalue weighted by Crippen LogP contribution is 2.07. The minimum Gasteiger partial charge on any atom is -0.475 e. The van der Waals surface area contributed by atoms with Crippen LogP contribution < -0.4 is 5.32 Å². The molecule has 1 aromatic heterocycles. The summed E-state index contributed by atoms with van der Waals surface area (Å²) in [6.45, 7) is 1.66. The first kappa shape index (κ1) is 14.0. The van der Waals surface area contributed by atoms with Crippen molar-refractivity contribution < 1.29 is 24.2 Å². The van der Waals surface area contributed by atoms with Crippen molar-refractivity contribution in [1.82, 2.24) is 10.2 Å². The van der Waals surface area contributed by atoms with Gasteiger partial charge in [-0.25, -0.2) is 9.59 Å². The molecule has 1 rings (SSSR count). The quantitative estimate of drug-likeness (QED) is 0.711. The Morgan fingerprint density at radius 3 is 2.67 bits per heavy atom. The van der Waals surface area contributed by atoms with E-state index in [-0.39, 0.29) is 31.0 Å². The standard InChI is InChI=1S/C11H16N2O5/c1-7(6-14)13(2)11(17)12-5-8-3-4-9(18-8)10(15)16/h3-4,7,14H,5-6H2,1-2H3,(H,12,17)(H,15,16). The van der Waals surface area contributed by atoms with Gasteiger partial charge >= 0.3 is 12.0 Å². The Morgan fingerprint density at radius 1 is 1.50 bits per heavy atom. The van der Waals surface area contributed by atoms with Crippen LogP contribution in [0.5, 0.6) is 0 Å². The zero-order valence-electron chi connectivity index (χ0n) is 10.2. The van der Waals surface area contributed by atoms with E-state index in [1.807, 2.05) is 0 Å². The molecule has 7 nitrogen and oxygen atoms in total. The average Bonchev–Trinajstić information content (AvgIpc) is 2.82. The third-order valence-corrected chi connectivity index (χ3v) is 2.53. The predicted octanol–water partition coefficient (Wildman–Crippen LogP) is 0.500. The van der Waals surface area contributed by atoms with Crippen LogP contribution in [0.4, 0.5) is 4.79 Å². The number of carboxylic acids is 1. The van der Waals surface area contributed by atoms with Gasteiger partial charge in [0, 0.05) is 7.05 Å². The van der Waals surface area contributed by atoms with Crippen LogP contribution in [0.1, 0.15) is 23.2 Å². The lowest BCUT2D eigenvalue weighted by Gasteiger charge is -2.23. The van der Waals surface area contributed by atoms with Gasteiger partial charge in [-0.2, -0.15) is 0 Å². The summed E-state index contributed by atoms with van der Waals surface area (Å²) < 4.78 is 4.98. The molecule has 1 atom stereocenters. The molecule has 18 heavy (non-hydrogen) atoms. The van der Waals surface area contributed by atoms with Gasteiger partial charge in [-0.05, 0) is 19.1 Å². The number of carboxylic acid groups (broad SMARTS) is 1. The number of furan rings is 1. The van der Waals surface area contributed by atoms with Crippen LogP contribution in [0.2, 0.25) is 0 Å². The van der Waals surface area contributed by atoms with E-state index >= 15 is 0 Å². The third kappa shape index (κ3) is 3.49. The number of aliphatic hydroxyl groups excluding tert-OH is 1. The van der Waals surface area contributed by atoms with Gasteiger partial charge in [-0.1, -0.05) is 0 Å². The van der Waals surface area contributed by atoms with Crippen LogP contribution in [0.15, 0.2) is 16.5 Å². The number of carbonyl (C=O) groups is 2. The molecule has 0 aliphatic rings. The lowest BCUT2D eigenvalue weighted by Crippen LogP contribution is -2.43. The van der Waals surface area contributed by atoms with Crippen molar-refractivity contribution in [1.29, 1.82) is 0 Å². The predicted molar refractivity (Wildman–Crippen MR) is 62.2 cm³/mol. The summed E-state index contributed by atoms with van der Waals surface area (Å²) in [6.07, 6.45) is 0. The smallest absolute Gasteiger partial charge is 0.371 e. The maximum atomic E-state index is 11.6. The third-order valence-electron chi connectivity index (χ3n) is 2.53. The highest BCUT2D eigenvalue weighted by molar-refractivity contribution is 5.84. The number of nitrogens with zero attached hydrogens (tertiary/aromatic N) is 1. The number of aliphatic hydroxyl groups is 1. The van der Waals surface area contributed by atoms with E-state index in [4.69, 9.17) is 14.6 Å². The number of hydrogen-bond acceptors (Lipinski definition) is 4. The number of rotatable bonds is 5. The van der Waals surface area contributed by atoms with Gasteiger partial charge in [0.15, 0.2) is 0 Å². The number of aromatic carboxylic acids is 1. The van der Waals surface area contributed by atoms with Crippen molar-refractivity contribution in [3.8, 4) is 0 Å². The fourth-order valence-electron chi connectivity index (χ4n) is 1.20. The van der Waals surface area contributed by atoms with Crippen LogP contribution in [0.3, 0.4) is 0 Å². The van der Waals surface area contributed by atoms with E-state index in [0.717, 1.165) is 0 Å². The van der Waals surface area contributed by atoms with Gasteiger partial charge < -0.3 is 24.8 Å². The second-order valence-corrected chi connectivity index (χ2v) is 3.87. The lowest BCUT2D eigenvalue weighted by molar-refractivity contribution is 0.0660. The molecule has 1 aromatic rings. The number of amides is 2. The van der Waals surface area contributed by atoms with E-state index in [9.17, 15) is 9.59 Å². The highest BCUT2D eigenvalue weighted by atomic mass is 16.4. The van der Waals surface area contributed by atoms with Gasteiger partial charge in [-0.15, -0.1) is 0 Å². The van der Waals surface area contributed by atoms with Crippen molar-refractivity contribution in [3.63, 3.8) is 0 Å². The summed E-state index contributed by atoms with van der Waals surface area (Å²) in [7, 11) is 1.56. The van der Waals surface area contributed by atoms with Gasteiger partial charge in [0.1, 0.15) is 5.76 Å². The molecule has 0 aliphatic heterocycles. The molecule has 0 radical (unpaired) electrons. The first-order chi connectivity index (χ1) is 8.45. The fraction of sp³-hybridized carbons (Fsp3) is 0.455. The molecule has 100 valence electrons. The van der Waals surface area contributed by atoms with Crippen LogP contribution in [0, 0.1) is 0 Å².